The average Bonchev–Trinajstić information content (AvgIpc) is 3.54. The molecule has 0 spiro atoms. The van der Waals surface area contributed by atoms with Crippen molar-refractivity contribution < 1.29 is 67.2 Å². The highest BCUT2D eigenvalue weighted by Gasteiger charge is 2.41. The normalized spacial score (nSPS) is 18.8. The first kappa shape index (κ1) is 74.9. The third-order valence-corrected chi connectivity index (χ3v) is 13.7. The fourth-order valence-electron chi connectivity index (χ4n) is 9.86. The van der Waals surface area contributed by atoms with E-state index in [9.17, 15) is 38.4 Å². The molecule has 3 heterocycles. The zero-order valence-corrected chi connectivity index (χ0v) is 52.0. The van der Waals surface area contributed by atoms with Gasteiger partial charge in [-0.05, 0) is 137 Å². The molecule has 9 atom stereocenters. The van der Waals surface area contributed by atoms with Crippen molar-refractivity contribution in [2.24, 2.45) is 5.73 Å². The molecule has 464 valence electrons. The molecule has 3 aliphatic rings. The van der Waals surface area contributed by atoms with Gasteiger partial charge in [0.15, 0.2) is 0 Å². The van der Waals surface area contributed by atoms with Gasteiger partial charge in [-0.25, -0.2) is 9.59 Å². The molecular weight excluding hydrogens is 1110 g/mol. The van der Waals surface area contributed by atoms with Crippen molar-refractivity contribution in [2.45, 2.75) is 185 Å². The lowest BCUT2D eigenvalue weighted by atomic mass is 9.84. The van der Waals surface area contributed by atoms with Gasteiger partial charge in [0.05, 0.1) is 39.3 Å². The van der Waals surface area contributed by atoms with E-state index in [1.165, 1.54) is 41.1 Å². The summed E-state index contributed by atoms with van der Waals surface area (Å²) in [5, 5.41) is 14.4. The molecule has 0 aromatic heterocycles. The van der Waals surface area contributed by atoms with Crippen molar-refractivity contribution in [2.75, 3.05) is 41.0 Å². The molecule has 83 heavy (non-hydrogen) atoms. The second-order valence-electron chi connectivity index (χ2n) is 22.4. The molecular formula is C61H92Cl2N6O14. The van der Waals surface area contributed by atoms with Gasteiger partial charge in [-0.3, -0.25) is 28.8 Å². The van der Waals surface area contributed by atoms with Crippen LogP contribution in [-0.2, 0) is 57.2 Å². The first-order valence-electron chi connectivity index (χ1n) is 27.9. The summed E-state index contributed by atoms with van der Waals surface area (Å²) in [4.78, 5) is 100. The number of Topliss-reactive ketones (excluding diaryl/α,β-unsaturated/α-hetero) is 1. The highest BCUT2D eigenvalue weighted by Crippen LogP contribution is 2.34. The lowest BCUT2D eigenvalue weighted by molar-refractivity contribution is -0.164. The summed E-state index contributed by atoms with van der Waals surface area (Å²) in [6.45, 7) is 17.1. The molecule has 0 bridgehead atoms. The third kappa shape index (κ3) is 24.5. The number of alkyl carbamates (subject to hydrolysis) is 1. The third-order valence-electron chi connectivity index (χ3n) is 13.7. The van der Waals surface area contributed by atoms with Crippen molar-refractivity contribution >= 4 is 72.4 Å². The van der Waals surface area contributed by atoms with Crippen molar-refractivity contribution in [1.82, 2.24) is 25.9 Å². The van der Waals surface area contributed by atoms with E-state index in [2.05, 4.69) is 10.6 Å². The van der Waals surface area contributed by atoms with E-state index in [1.807, 2.05) is 91.0 Å². The van der Waals surface area contributed by atoms with E-state index in [-0.39, 0.29) is 78.6 Å². The Hall–Kier alpha value is -6.16. The lowest BCUT2D eigenvalue weighted by Crippen LogP contribution is -2.55. The fourth-order valence-corrected chi connectivity index (χ4v) is 9.86. The Morgan fingerprint density at radius 3 is 1.30 bits per heavy atom. The Balaban J connectivity index is 0.000000571. The standard InChI is InChI=1S/C22H32N2O5.C17H24N2O3.C14H19NO2.C8H15NO4.2ClH/c1-15(23-21(27)29-22(2,3)4)19(25)24-14-10-9-13-17(24)18(20(26)28-5)16-11-7-6-8-12-16;1-12(18)16(20)19-11-7-6-10-14(19)15(17(21)22-2)13-8-4-3-5-9-13;1-17-14(16)13(11-7-3-2-4-8-11)12-9-5-6-10-15-12;1-5(9-12)6(10)7(11)13-8(2,3)4;;/h6-8,11-12,15,17-18H,9-10,13-14H2,1-5H3,(H,23,27);3-5,8-9,12,14-15H,6-7,10-11,18H2,1-2H3;2-4,7-8,12-13,15H,5-6,9-10H2,1H3;5,9,12H,1-4H3;2*1H/t;;;5-;;/m...0../s1. The molecule has 3 fully saturated rings. The Morgan fingerprint density at radius 2 is 0.940 bits per heavy atom. The molecule has 3 aliphatic heterocycles. The number of carbonyl (C=O) groups excluding carboxylic acids is 8. The van der Waals surface area contributed by atoms with Crippen LogP contribution in [0.5, 0.6) is 0 Å². The van der Waals surface area contributed by atoms with Gasteiger partial charge in [0.2, 0.25) is 11.8 Å². The maximum atomic E-state index is 13.2. The Labute approximate surface area is 503 Å². The van der Waals surface area contributed by atoms with Gasteiger partial charge in [0.1, 0.15) is 29.1 Å². The summed E-state index contributed by atoms with van der Waals surface area (Å²) >= 11 is 0. The van der Waals surface area contributed by atoms with Gasteiger partial charge in [0, 0.05) is 31.2 Å². The van der Waals surface area contributed by atoms with E-state index in [4.69, 9.17) is 34.6 Å². The van der Waals surface area contributed by atoms with Crippen LogP contribution in [0.3, 0.4) is 0 Å². The number of likely N-dealkylation sites (tertiary alicyclic amines) is 2. The summed E-state index contributed by atoms with van der Waals surface area (Å²) in [6, 6.07) is 26.2. The van der Waals surface area contributed by atoms with E-state index < -0.39 is 59.0 Å². The van der Waals surface area contributed by atoms with E-state index in [0.29, 0.717) is 19.5 Å². The number of methoxy groups -OCH3 is 3. The summed E-state index contributed by atoms with van der Waals surface area (Å²) < 4.78 is 25.0. The quantitative estimate of drug-likeness (QED) is 0.0416. The molecule has 6 N–H and O–H groups in total. The van der Waals surface area contributed by atoms with Crippen molar-refractivity contribution in [3.8, 4) is 0 Å². The topological polar surface area (TPSA) is 272 Å². The number of nitrogens with zero attached hydrogens (tertiary/aromatic N) is 2. The molecule has 6 rings (SSSR count). The predicted octanol–water partition coefficient (Wildman–Crippen LogP) is 8.10. The number of nitrogens with two attached hydrogens (primary N) is 1. The molecule has 0 saturated carbocycles. The summed E-state index contributed by atoms with van der Waals surface area (Å²) in [5.74, 6) is -4.10. The molecule has 20 nitrogen and oxygen atoms in total. The van der Waals surface area contributed by atoms with Crippen LogP contribution < -0.4 is 21.8 Å². The first-order chi connectivity index (χ1) is 38.3. The average molecular weight is 1200 g/mol. The van der Waals surface area contributed by atoms with Crippen LogP contribution in [0.1, 0.15) is 155 Å². The number of nitrogens with one attached hydrogen (secondary N) is 3. The molecule has 8 unspecified atom stereocenters. The van der Waals surface area contributed by atoms with Crippen LogP contribution in [0.4, 0.5) is 4.79 Å². The maximum Gasteiger partial charge on any atom is 0.408 e. The second kappa shape index (κ2) is 37.2. The zero-order chi connectivity index (χ0) is 60.5. The second-order valence-corrected chi connectivity index (χ2v) is 22.4. The Bertz CT molecular complexity index is 2460. The number of piperidine rings is 3. The summed E-state index contributed by atoms with van der Waals surface area (Å²) in [6.07, 6.45) is 7.95. The van der Waals surface area contributed by atoms with Crippen molar-refractivity contribution in [3.63, 3.8) is 0 Å². The van der Waals surface area contributed by atoms with Crippen LogP contribution in [0.25, 0.3) is 0 Å². The largest absolute Gasteiger partial charge is 0.469 e. The number of ether oxygens (including phenoxy) is 5. The smallest absolute Gasteiger partial charge is 0.408 e. The van der Waals surface area contributed by atoms with Gasteiger partial charge >= 0.3 is 30.0 Å². The van der Waals surface area contributed by atoms with Crippen LogP contribution in [-0.4, -0.2) is 151 Å². The Morgan fingerprint density at radius 1 is 0.554 bits per heavy atom. The molecule has 22 heteroatoms. The highest BCUT2D eigenvalue weighted by molar-refractivity contribution is 6.35. The number of rotatable bonds is 15. The molecule has 3 saturated heterocycles. The van der Waals surface area contributed by atoms with E-state index >= 15 is 0 Å². The number of amides is 3. The van der Waals surface area contributed by atoms with Gasteiger partial charge < -0.3 is 55.1 Å². The summed E-state index contributed by atoms with van der Waals surface area (Å²) in [7, 11) is 4.21. The van der Waals surface area contributed by atoms with E-state index in [0.717, 1.165) is 61.8 Å². The van der Waals surface area contributed by atoms with Gasteiger partial charge in [0.25, 0.3) is 5.78 Å². The lowest BCUT2D eigenvalue weighted by Gasteiger charge is -2.40. The van der Waals surface area contributed by atoms with E-state index in [1.54, 1.807) is 70.7 Å². The van der Waals surface area contributed by atoms with Crippen LogP contribution in [0.2, 0.25) is 0 Å². The number of carbonyl (C=O) groups is 8. The van der Waals surface area contributed by atoms with Crippen LogP contribution in [0, 0.1) is 0 Å². The number of hydrogen-bond acceptors (Lipinski definition) is 17. The molecule has 3 amide bonds. The predicted molar refractivity (Wildman–Crippen MR) is 320 cm³/mol. The monoisotopic (exact) mass is 1200 g/mol. The van der Waals surface area contributed by atoms with Crippen molar-refractivity contribution in [1.29, 1.82) is 0 Å². The van der Waals surface area contributed by atoms with Gasteiger partial charge in [-0.15, -0.1) is 24.8 Å². The van der Waals surface area contributed by atoms with Gasteiger partial charge in [-0.2, -0.15) is 5.48 Å². The number of hydrogen-bond donors (Lipinski definition) is 5. The molecule has 3 aromatic rings. The first-order valence-corrected chi connectivity index (χ1v) is 27.9. The molecule has 3 aromatic carbocycles. The minimum atomic E-state index is -0.943. The molecule has 0 radical (unpaired) electrons. The zero-order valence-electron chi connectivity index (χ0n) is 50.4. The van der Waals surface area contributed by atoms with Crippen LogP contribution >= 0.6 is 24.8 Å². The van der Waals surface area contributed by atoms with Gasteiger partial charge in [-0.1, -0.05) is 97.4 Å². The van der Waals surface area contributed by atoms with Crippen molar-refractivity contribution in [3.05, 3.63) is 108 Å². The maximum absolute atomic E-state index is 13.2. The minimum Gasteiger partial charge on any atom is -0.469 e. The number of hydroxylamine groups is 1. The minimum absolute atomic E-state index is 0. The number of ketones is 1. The highest BCUT2D eigenvalue weighted by atomic mass is 35.5. The molecule has 0 aliphatic carbocycles. The summed E-state index contributed by atoms with van der Waals surface area (Å²) in [5.41, 5.74) is 8.84. The number of halogens is 2. The van der Waals surface area contributed by atoms with Crippen LogP contribution in [0.15, 0.2) is 91.0 Å². The Kier molecular flexibility index (Phi) is 33.6. The SMILES string of the molecule is COC(=O)C(c1ccccc1)C1CCCCN1.COC(=O)C(c1ccccc1)C1CCCCN1C(=O)C(C)N.COC(=O)C(c1ccccc1)C1CCCCN1C(=O)C(C)NC(=O)OC(C)(C)C.C[C@H](NO)C(=O)C(=O)OC(C)(C)C.Cl.Cl. The number of esters is 4. The number of benzene rings is 3. The fraction of sp³-hybridized carbons (Fsp3) is 0.574.